The SMILES string of the molecule is Cc1ccccc1OCC(CN1CCC(CNC(=O)n2c(=O)n(C(C)C)c3ccccc32)CC1)OC(N)=O. The lowest BCUT2D eigenvalue weighted by Gasteiger charge is -2.33. The van der Waals surface area contributed by atoms with Gasteiger partial charge in [0.15, 0.2) is 6.10 Å². The van der Waals surface area contributed by atoms with Crippen molar-refractivity contribution >= 4 is 23.2 Å². The molecule has 1 fully saturated rings. The molecule has 1 unspecified atom stereocenters. The molecule has 1 aromatic heterocycles. The van der Waals surface area contributed by atoms with Crippen LogP contribution in [0.2, 0.25) is 0 Å². The summed E-state index contributed by atoms with van der Waals surface area (Å²) in [5.74, 6) is 1.03. The number of nitrogens with two attached hydrogens (primary N) is 1. The molecule has 4 rings (SSSR count). The highest BCUT2D eigenvalue weighted by Crippen LogP contribution is 2.20. The molecule has 0 aliphatic carbocycles. The van der Waals surface area contributed by atoms with Crippen LogP contribution in [0.25, 0.3) is 11.0 Å². The minimum absolute atomic E-state index is 0.0599. The Morgan fingerprint density at radius 1 is 1.05 bits per heavy atom. The summed E-state index contributed by atoms with van der Waals surface area (Å²) in [6.45, 7) is 8.60. The molecular weight excluding hydrogens is 486 g/mol. The smallest absolute Gasteiger partial charge is 0.404 e. The van der Waals surface area contributed by atoms with Crippen LogP contribution < -0.4 is 21.5 Å². The van der Waals surface area contributed by atoms with E-state index in [2.05, 4.69) is 10.2 Å². The van der Waals surface area contributed by atoms with Gasteiger partial charge in [-0.15, -0.1) is 0 Å². The summed E-state index contributed by atoms with van der Waals surface area (Å²) < 4.78 is 14.1. The molecule has 1 aliphatic heterocycles. The molecule has 0 spiro atoms. The number of benzene rings is 2. The zero-order chi connectivity index (χ0) is 27.2. The third kappa shape index (κ3) is 6.36. The second-order valence-corrected chi connectivity index (χ2v) is 10.1. The molecule has 2 amide bonds. The number of para-hydroxylation sites is 3. The van der Waals surface area contributed by atoms with Gasteiger partial charge in [0.05, 0.1) is 11.0 Å². The quantitative estimate of drug-likeness (QED) is 0.443. The molecule has 1 aliphatic rings. The normalized spacial score (nSPS) is 15.5. The van der Waals surface area contributed by atoms with Gasteiger partial charge in [0.2, 0.25) is 0 Å². The first-order valence-corrected chi connectivity index (χ1v) is 13.1. The molecule has 38 heavy (non-hydrogen) atoms. The van der Waals surface area contributed by atoms with E-state index in [1.807, 2.05) is 63.2 Å². The second kappa shape index (κ2) is 12.2. The fourth-order valence-electron chi connectivity index (χ4n) is 5.03. The Bertz CT molecular complexity index is 1320. The van der Waals surface area contributed by atoms with E-state index in [4.69, 9.17) is 15.2 Å². The van der Waals surface area contributed by atoms with E-state index in [0.717, 1.165) is 42.8 Å². The van der Waals surface area contributed by atoms with Crippen LogP contribution in [0, 0.1) is 12.8 Å². The summed E-state index contributed by atoms with van der Waals surface area (Å²) in [6, 6.07) is 14.6. The topological polar surface area (TPSA) is 121 Å². The number of hydrogen-bond acceptors (Lipinski definition) is 6. The monoisotopic (exact) mass is 523 g/mol. The van der Waals surface area contributed by atoms with Crippen LogP contribution in [-0.2, 0) is 4.74 Å². The Kier molecular flexibility index (Phi) is 8.73. The van der Waals surface area contributed by atoms with Gasteiger partial charge in [-0.2, -0.15) is 0 Å². The van der Waals surface area contributed by atoms with Gasteiger partial charge < -0.3 is 20.5 Å². The van der Waals surface area contributed by atoms with Crippen molar-refractivity contribution in [2.75, 3.05) is 32.8 Å². The number of nitrogens with one attached hydrogen (secondary N) is 1. The zero-order valence-electron chi connectivity index (χ0n) is 22.3. The summed E-state index contributed by atoms with van der Waals surface area (Å²) in [5, 5.41) is 2.97. The van der Waals surface area contributed by atoms with Crippen molar-refractivity contribution in [3.05, 3.63) is 64.6 Å². The molecule has 10 heteroatoms. The van der Waals surface area contributed by atoms with E-state index < -0.39 is 18.2 Å². The predicted molar refractivity (Wildman–Crippen MR) is 146 cm³/mol. The molecule has 1 saturated heterocycles. The Morgan fingerprint density at radius 2 is 1.71 bits per heavy atom. The van der Waals surface area contributed by atoms with Crippen molar-refractivity contribution in [1.29, 1.82) is 0 Å². The van der Waals surface area contributed by atoms with Gasteiger partial charge in [0, 0.05) is 19.1 Å². The number of aromatic nitrogens is 2. The number of hydrogen-bond donors (Lipinski definition) is 2. The zero-order valence-corrected chi connectivity index (χ0v) is 22.3. The van der Waals surface area contributed by atoms with Crippen molar-refractivity contribution in [2.45, 2.75) is 45.8 Å². The maximum absolute atomic E-state index is 13.0. The van der Waals surface area contributed by atoms with E-state index in [0.29, 0.717) is 18.6 Å². The molecule has 3 aromatic rings. The first-order chi connectivity index (χ1) is 18.2. The summed E-state index contributed by atoms with van der Waals surface area (Å²) in [4.78, 5) is 39.7. The lowest BCUT2D eigenvalue weighted by Crippen LogP contribution is -2.45. The highest BCUT2D eigenvalue weighted by atomic mass is 16.6. The Morgan fingerprint density at radius 3 is 2.37 bits per heavy atom. The highest BCUT2D eigenvalue weighted by molar-refractivity contribution is 5.89. The third-order valence-electron chi connectivity index (χ3n) is 7.01. The van der Waals surface area contributed by atoms with Crippen molar-refractivity contribution < 1.29 is 19.1 Å². The summed E-state index contributed by atoms with van der Waals surface area (Å²) >= 11 is 0. The maximum atomic E-state index is 13.0. The van der Waals surface area contributed by atoms with Gasteiger partial charge in [0.1, 0.15) is 12.4 Å². The number of carbonyl (C=O) groups is 2. The molecule has 1 atom stereocenters. The van der Waals surface area contributed by atoms with Crippen molar-refractivity contribution in [3.8, 4) is 5.75 Å². The number of rotatable bonds is 9. The number of aryl methyl sites for hydroxylation is 1. The van der Waals surface area contributed by atoms with Crippen LogP contribution in [0.5, 0.6) is 5.75 Å². The average Bonchev–Trinajstić information content (AvgIpc) is 3.19. The fraction of sp³-hybridized carbons (Fsp3) is 0.464. The number of primary amides is 1. The lowest BCUT2D eigenvalue weighted by atomic mass is 9.96. The van der Waals surface area contributed by atoms with Gasteiger partial charge in [-0.1, -0.05) is 30.3 Å². The fourth-order valence-corrected chi connectivity index (χ4v) is 5.03. The molecule has 2 heterocycles. The van der Waals surface area contributed by atoms with Gasteiger partial charge in [0.25, 0.3) is 0 Å². The number of fused-ring (bicyclic) bond motifs is 1. The van der Waals surface area contributed by atoms with Crippen LogP contribution in [-0.4, -0.2) is 65.0 Å². The molecule has 0 radical (unpaired) electrons. The molecule has 0 saturated carbocycles. The van der Waals surface area contributed by atoms with Crippen molar-refractivity contribution in [2.24, 2.45) is 11.7 Å². The van der Waals surface area contributed by atoms with Crippen molar-refractivity contribution in [1.82, 2.24) is 19.4 Å². The highest BCUT2D eigenvalue weighted by Gasteiger charge is 2.25. The number of nitrogens with zero attached hydrogens (tertiary/aromatic N) is 3. The van der Waals surface area contributed by atoms with E-state index in [1.165, 1.54) is 4.57 Å². The van der Waals surface area contributed by atoms with Crippen LogP contribution in [0.15, 0.2) is 53.3 Å². The van der Waals surface area contributed by atoms with Gasteiger partial charge in [-0.25, -0.2) is 19.0 Å². The number of likely N-dealkylation sites (tertiary alicyclic amines) is 1. The number of piperidine rings is 1. The largest absolute Gasteiger partial charge is 0.489 e. The van der Waals surface area contributed by atoms with E-state index in [-0.39, 0.29) is 24.3 Å². The molecule has 10 nitrogen and oxygen atoms in total. The first-order valence-electron chi connectivity index (χ1n) is 13.1. The third-order valence-corrected chi connectivity index (χ3v) is 7.01. The minimum atomic E-state index is -0.824. The lowest BCUT2D eigenvalue weighted by molar-refractivity contribution is 0.0367. The second-order valence-electron chi connectivity index (χ2n) is 10.1. The van der Waals surface area contributed by atoms with E-state index >= 15 is 0 Å². The molecule has 204 valence electrons. The average molecular weight is 524 g/mol. The Hall–Kier alpha value is -3.79. The molecule has 2 aromatic carbocycles. The number of imidazole rings is 1. The Balaban J connectivity index is 1.30. The van der Waals surface area contributed by atoms with Gasteiger partial charge in [-0.3, -0.25) is 9.47 Å². The van der Waals surface area contributed by atoms with Crippen LogP contribution in [0.1, 0.15) is 38.3 Å². The number of ether oxygens (including phenoxy) is 2. The van der Waals surface area contributed by atoms with E-state index in [9.17, 15) is 14.4 Å². The summed E-state index contributed by atoms with van der Waals surface area (Å²) in [6.07, 6.45) is 0.416. The summed E-state index contributed by atoms with van der Waals surface area (Å²) in [7, 11) is 0. The predicted octanol–water partition coefficient (Wildman–Crippen LogP) is 3.50. The molecule has 0 bridgehead atoms. The minimum Gasteiger partial charge on any atom is -0.489 e. The number of carbonyl (C=O) groups excluding carboxylic acids is 2. The van der Waals surface area contributed by atoms with Crippen LogP contribution >= 0.6 is 0 Å². The van der Waals surface area contributed by atoms with Crippen molar-refractivity contribution in [3.63, 3.8) is 0 Å². The van der Waals surface area contributed by atoms with E-state index in [1.54, 1.807) is 10.6 Å². The summed E-state index contributed by atoms with van der Waals surface area (Å²) in [5.41, 5.74) is 7.32. The Labute approximate surface area is 222 Å². The van der Waals surface area contributed by atoms with Gasteiger partial charge >= 0.3 is 17.8 Å². The molecular formula is C28H37N5O5. The van der Waals surface area contributed by atoms with Crippen LogP contribution in [0.3, 0.4) is 0 Å². The van der Waals surface area contributed by atoms with Gasteiger partial charge in [-0.05, 0) is 76.4 Å². The van der Waals surface area contributed by atoms with Crippen LogP contribution in [0.4, 0.5) is 9.59 Å². The molecule has 3 N–H and O–H groups in total. The standard InChI is InChI=1S/C28H37N5O5/c1-19(2)32-23-9-5-6-10-24(23)33(28(32)36)27(35)30-16-21-12-14-31(15-13-21)17-22(38-26(29)34)18-37-25-11-7-4-8-20(25)3/h4-11,19,21-22H,12-18H2,1-3H3,(H2,29,34)(H,30,35). The maximum Gasteiger partial charge on any atom is 0.404 e. The first kappa shape index (κ1) is 27.3. The number of amides is 2.